The standard InChI is InChI=1S/C26H41N5/c1-9-14-22(4)16-17-26(10-2)31(27-11-3)24(6)15-12-13-18-29(8)25(7)21-30-20-23(5)19-28-30/h9,11,14,16-17,19-20H,6-7,10,12-13,15,18,21H2,1-5,8H3/b14-9-,22-16-,26-17+,27-11-. The summed E-state index contributed by atoms with van der Waals surface area (Å²) in [5, 5.41) is 10.9. The SMILES string of the molecule is C=C(Cn1cc(C)cn1)N(C)CCCCC(=C)N(/N=C\C)/C(=C/C=C(C)\C=C/C)CC. The molecule has 0 atom stereocenters. The van der Waals surface area contributed by atoms with Gasteiger partial charge in [-0.05, 0) is 65.0 Å². The molecule has 0 radical (unpaired) electrons. The topological polar surface area (TPSA) is 36.7 Å². The molecule has 0 saturated heterocycles. The zero-order valence-corrected chi connectivity index (χ0v) is 20.4. The number of nitrogens with zero attached hydrogens (tertiary/aromatic N) is 5. The fourth-order valence-corrected chi connectivity index (χ4v) is 3.16. The van der Waals surface area contributed by atoms with Crippen LogP contribution in [0.3, 0.4) is 0 Å². The lowest BCUT2D eigenvalue weighted by Crippen LogP contribution is -2.22. The van der Waals surface area contributed by atoms with Crippen molar-refractivity contribution >= 4 is 6.21 Å². The molecule has 0 amide bonds. The van der Waals surface area contributed by atoms with E-state index in [2.05, 4.69) is 67.4 Å². The van der Waals surface area contributed by atoms with Crippen LogP contribution < -0.4 is 0 Å². The quantitative estimate of drug-likeness (QED) is 0.149. The Morgan fingerprint density at radius 3 is 2.52 bits per heavy atom. The molecule has 0 aromatic carbocycles. The van der Waals surface area contributed by atoms with Crippen LogP contribution in [0.2, 0.25) is 0 Å². The van der Waals surface area contributed by atoms with Gasteiger partial charge in [0.2, 0.25) is 0 Å². The molecule has 1 rings (SSSR count). The first-order valence-corrected chi connectivity index (χ1v) is 11.2. The zero-order valence-electron chi connectivity index (χ0n) is 20.4. The number of hydrazone groups is 1. The lowest BCUT2D eigenvalue weighted by atomic mass is 10.1. The Balaban J connectivity index is 2.57. The number of unbranched alkanes of at least 4 members (excludes halogenated alkanes) is 1. The van der Waals surface area contributed by atoms with Crippen LogP contribution in [0.25, 0.3) is 0 Å². The molecule has 0 bridgehead atoms. The van der Waals surface area contributed by atoms with Gasteiger partial charge >= 0.3 is 0 Å². The highest BCUT2D eigenvalue weighted by Gasteiger charge is 2.11. The first-order valence-electron chi connectivity index (χ1n) is 11.2. The van der Waals surface area contributed by atoms with Crippen LogP contribution in [0.4, 0.5) is 0 Å². The largest absolute Gasteiger partial charge is 0.377 e. The van der Waals surface area contributed by atoms with Gasteiger partial charge in [-0.3, -0.25) is 4.68 Å². The maximum absolute atomic E-state index is 4.57. The second-order valence-electron chi connectivity index (χ2n) is 7.83. The number of likely N-dealkylation sites (N-methyl/N-ethyl adjacent to an activating group) is 1. The predicted octanol–water partition coefficient (Wildman–Crippen LogP) is 6.45. The summed E-state index contributed by atoms with van der Waals surface area (Å²) < 4.78 is 1.93. The van der Waals surface area contributed by atoms with E-state index in [1.807, 2.05) is 55.1 Å². The molecule has 170 valence electrons. The van der Waals surface area contributed by atoms with Gasteiger partial charge in [-0.2, -0.15) is 10.2 Å². The van der Waals surface area contributed by atoms with Gasteiger partial charge in [0.15, 0.2) is 0 Å². The first-order chi connectivity index (χ1) is 14.8. The molecule has 0 saturated carbocycles. The van der Waals surface area contributed by atoms with E-state index in [1.54, 1.807) is 0 Å². The van der Waals surface area contributed by atoms with Gasteiger partial charge in [-0.1, -0.05) is 43.9 Å². The van der Waals surface area contributed by atoms with Gasteiger partial charge in [0, 0.05) is 43.1 Å². The van der Waals surface area contributed by atoms with Crippen molar-refractivity contribution in [3.63, 3.8) is 0 Å². The van der Waals surface area contributed by atoms with Crippen molar-refractivity contribution in [2.75, 3.05) is 13.6 Å². The average molecular weight is 424 g/mol. The fraction of sp³-hybridized carbons (Fsp3) is 0.462. The molecule has 0 aliphatic rings. The molecule has 1 aromatic heterocycles. The van der Waals surface area contributed by atoms with E-state index in [9.17, 15) is 0 Å². The maximum atomic E-state index is 4.57. The summed E-state index contributed by atoms with van der Waals surface area (Å²) in [6.45, 7) is 20.5. The van der Waals surface area contributed by atoms with Gasteiger partial charge in [0.25, 0.3) is 0 Å². The molecule has 1 heterocycles. The average Bonchev–Trinajstić information content (AvgIpc) is 3.15. The smallest absolute Gasteiger partial charge is 0.0801 e. The third kappa shape index (κ3) is 9.69. The highest BCUT2D eigenvalue weighted by atomic mass is 15.5. The Hall–Kier alpha value is -2.82. The first kappa shape index (κ1) is 26.2. The number of aryl methyl sites for hydroxylation is 1. The molecule has 0 aliphatic heterocycles. The molecule has 1 aromatic rings. The van der Waals surface area contributed by atoms with E-state index in [4.69, 9.17) is 0 Å². The van der Waals surface area contributed by atoms with Crippen LogP contribution in [-0.4, -0.2) is 39.5 Å². The second kappa shape index (κ2) is 14.2. The minimum Gasteiger partial charge on any atom is -0.377 e. The Morgan fingerprint density at radius 1 is 1.19 bits per heavy atom. The molecule has 0 spiro atoms. The van der Waals surface area contributed by atoms with Crippen LogP contribution in [-0.2, 0) is 6.54 Å². The van der Waals surface area contributed by atoms with Gasteiger partial charge < -0.3 is 4.90 Å². The van der Waals surface area contributed by atoms with Crippen LogP contribution in [0, 0.1) is 6.92 Å². The van der Waals surface area contributed by atoms with Gasteiger partial charge in [-0.15, -0.1) is 0 Å². The van der Waals surface area contributed by atoms with Gasteiger partial charge in [-0.25, -0.2) is 5.01 Å². The van der Waals surface area contributed by atoms with Crippen molar-refractivity contribution < 1.29 is 0 Å². The Kier molecular flexibility index (Phi) is 12.0. The minimum atomic E-state index is 0.723. The summed E-state index contributed by atoms with van der Waals surface area (Å²) in [4.78, 5) is 2.22. The van der Waals surface area contributed by atoms with Crippen LogP contribution >= 0.6 is 0 Å². The molecule has 0 aliphatic carbocycles. The molecule has 0 unspecified atom stereocenters. The van der Waals surface area contributed by atoms with Gasteiger partial charge in [0.1, 0.15) is 0 Å². The minimum absolute atomic E-state index is 0.723. The van der Waals surface area contributed by atoms with Crippen molar-refractivity contribution in [2.45, 2.75) is 66.8 Å². The van der Waals surface area contributed by atoms with E-state index in [-0.39, 0.29) is 0 Å². The third-order valence-electron chi connectivity index (χ3n) is 4.99. The summed E-state index contributed by atoms with van der Waals surface area (Å²) in [6.07, 6.45) is 18.1. The van der Waals surface area contributed by atoms with Crippen molar-refractivity contribution in [1.82, 2.24) is 19.7 Å². The highest BCUT2D eigenvalue weighted by molar-refractivity contribution is 5.53. The van der Waals surface area contributed by atoms with Gasteiger partial charge in [0.05, 0.1) is 12.7 Å². The number of rotatable bonds is 14. The second-order valence-corrected chi connectivity index (χ2v) is 7.83. The summed E-state index contributed by atoms with van der Waals surface area (Å²) in [7, 11) is 2.10. The van der Waals surface area contributed by atoms with Crippen molar-refractivity contribution in [2.24, 2.45) is 5.10 Å². The predicted molar refractivity (Wildman–Crippen MR) is 135 cm³/mol. The van der Waals surface area contributed by atoms with E-state index >= 15 is 0 Å². The van der Waals surface area contributed by atoms with Crippen molar-refractivity contribution in [3.05, 3.63) is 78.1 Å². The van der Waals surface area contributed by atoms with E-state index in [0.717, 1.165) is 55.9 Å². The van der Waals surface area contributed by atoms with Crippen molar-refractivity contribution in [1.29, 1.82) is 0 Å². The Bertz CT molecular complexity index is 823. The molecule has 5 heteroatoms. The number of allylic oxidation sites excluding steroid dienone is 8. The summed E-state index contributed by atoms with van der Waals surface area (Å²) in [5.41, 5.74) is 5.62. The summed E-state index contributed by atoms with van der Waals surface area (Å²) in [6, 6.07) is 0. The van der Waals surface area contributed by atoms with E-state index in [1.165, 1.54) is 11.1 Å². The maximum Gasteiger partial charge on any atom is 0.0801 e. The normalized spacial score (nSPS) is 12.7. The van der Waals surface area contributed by atoms with E-state index in [0.29, 0.717) is 0 Å². The lowest BCUT2D eigenvalue weighted by molar-refractivity contribution is 0.368. The lowest BCUT2D eigenvalue weighted by Gasteiger charge is -2.24. The monoisotopic (exact) mass is 423 g/mol. The third-order valence-corrected chi connectivity index (χ3v) is 4.99. The summed E-state index contributed by atoms with van der Waals surface area (Å²) in [5.74, 6) is 0. The fourth-order valence-electron chi connectivity index (χ4n) is 3.16. The number of hydrogen-bond donors (Lipinski definition) is 0. The molecular formula is C26H41N5. The highest BCUT2D eigenvalue weighted by Crippen LogP contribution is 2.21. The van der Waals surface area contributed by atoms with Crippen LogP contribution in [0.1, 0.15) is 58.9 Å². The molecule has 0 fully saturated rings. The van der Waals surface area contributed by atoms with E-state index < -0.39 is 0 Å². The van der Waals surface area contributed by atoms with Crippen LogP contribution in [0.5, 0.6) is 0 Å². The number of aromatic nitrogens is 2. The molecule has 0 N–H and O–H groups in total. The number of hydrogen-bond acceptors (Lipinski definition) is 4. The van der Waals surface area contributed by atoms with Crippen molar-refractivity contribution in [3.8, 4) is 0 Å². The zero-order chi connectivity index (χ0) is 23.2. The molecule has 31 heavy (non-hydrogen) atoms. The van der Waals surface area contributed by atoms with Crippen LogP contribution in [0.15, 0.2) is 77.6 Å². The Labute approximate surface area is 189 Å². The molecule has 5 nitrogen and oxygen atoms in total. The summed E-state index contributed by atoms with van der Waals surface area (Å²) >= 11 is 0. The Morgan fingerprint density at radius 2 is 1.94 bits per heavy atom. The molecular weight excluding hydrogens is 382 g/mol.